The highest BCUT2D eigenvalue weighted by atomic mass is 35.5. The number of anilines is 1. The van der Waals surface area contributed by atoms with E-state index in [1.807, 2.05) is 26.0 Å². The molecule has 1 aliphatic heterocycles. The quantitative estimate of drug-likeness (QED) is 0.401. The van der Waals surface area contributed by atoms with E-state index in [2.05, 4.69) is 5.32 Å². The van der Waals surface area contributed by atoms with Crippen LogP contribution < -0.4 is 10.2 Å². The Labute approximate surface area is 190 Å². The molecule has 3 rings (SSSR count). The molecule has 0 fully saturated rings. The van der Waals surface area contributed by atoms with Crippen LogP contribution in [-0.4, -0.2) is 47.1 Å². The summed E-state index contributed by atoms with van der Waals surface area (Å²) in [6.45, 7) is 7.36. The molecule has 164 valence electrons. The summed E-state index contributed by atoms with van der Waals surface area (Å²) in [4.78, 5) is 20.0. The van der Waals surface area contributed by atoms with Gasteiger partial charge in [0, 0.05) is 27.6 Å². The second-order valence-electron chi connectivity index (χ2n) is 7.63. The van der Waals surface area contributed by atoms with Crippen LogP contribution in [0.2, 0.25) is 5.02 Å². The van der Waals surface area contributed by atoms with Crippen LogP contribution in [0.3, 0.4) is 0 Å². The Hall–Kier alpha value is -2.55. The van der Waals surface area contributed by atoms with E-state index in [0.717, 1.165) is 26.6 Å². The Morgan fingerprint density at radius 3 is 2.58 bits per heavy atom. The molecule has 0 spiro atoms. The highest BCUT2D eigenvalue weighted by molar-refractivity contribution is 7.17. The van der Waals surface area contributed by atoms with Crippen molar-refractivity contribution in [3.05, 3.63) is 50.9 Å². The van der Waals surface area contributed by atoms with Gasteiger partial charge in [-0.15, -0.1) is 11.3 Å². The van der Waals surface area contributed by atoms with Gasteiger partial charge in [0.05, 0.1) is 18.2 Å². The van der Waals surface area contributed by atoms with Crippen molar-refractivity contribution in [1.29, 1.82) is 10.8 Å². The molecule has 1 aliphatic rings. The first-order chi connectivity index (χ1) is 14.6. The molecule has 0 saturated heterocycles. The molecule has 0 radical (unpaired) electrons. The minimum atomic E-state index is -0.778. The van der Waals surface area contributed by atoms with Crippen LogP contribution in [-0.2, 0) is 4.79 Å². The number of thiophene rings is 1. The molecule has 0 saturated carbocycles. The first-order valence-electron chi connectivity index (χ1n) is 9.92. The maximum atomic E-state index is 12.5. The van der Waals surface area contributed by atoms with E-state index >= 15 is 0 Å². The number of carbonyl (C=O) groups is 1. The lowest BCUT2D eigenvalue weighted by Crippen LogP contribution is -2.42. The number of rotatable bonds is 5. The van der Waals surface area contributed by atoms with Gasteiger partial charge < -0.3 is 10.4 Å². The van der Waals surface area contributed by atoms with Gasteiger partial charge in [-0.25, -0.2) is 0 Å². The van der Waals surface area contributed by atoms with Crippen molar-refractivity contribution >= 4 is 51.2 Å². The number of hydrogen-bond acceptors (Lipinski definition) is 6. The number of amides is 1. The van der Waals surface area contributed by atoms with Gasteiger partial charge in [0.1, 0.15) is 22.7 Å². The third-order valence-corrected chi connectivity index (χ3v) is 6.52. The first-order valence-corrected chi connectivity index (χ1v) is 11.1. The van der Waals surface area contributed by atoms with Crippen molar-refractivity contribution in [3.8, 4) is 0 Å². The van der Waals surface area contributed by atoms with E-state index in [4.69, 9.17) is 27.4 Å². The van der Waals surface area contributed by atoms with Gasteiger partial charge in [-0.1, -0.05) is 23.7 Å². The average Bonchev–Trinajstić information content (AvgIpc) is 2.91. The summed E-state index contributed by atoms with van der Waals surface area (Å²) in [5.74, 6) is -0.0452. The standard InChI is InChI=1S/C22H26ClN5O2S/c1-11(29)10-26-18(30)9-17-21(25)28(14(4)24)22-19(12(2)13(3)31-22)20(27-17)15-5-7-16(23)8-6-15/h5-8,11,17,24-25,29H,9-10H2,1-4H3,(H,26,30)/t11-,17-/m0/s1. The largest absolute Gasteiger partial charge is 0.392 e. The predicted octanol–water partition coefficient (Wildman–Crippen LogP) is 3.91. The molecule has 1 amide bonds. The molecule has 2 atom stereocenters. The number of nitrogens with one attached hydrogen (secondary N) is 3. The second kappa shape index (κ2) is 9.30. The van der Waals surface area contributed by atoms with Crippen LogP contribution in [0.15, 0.2) is 29.3 Å². The molecule has 0 aliphatic carbocycles. The molecule has 0 unspecified atom stereocenters. The summed E-state index contributed by atoms with van der Waals surface area (Å²) in [5.41, 5.74) is 3.41. The molecule has 2 heterocycles. The predicted molar refractivity (Wildman–Crippen MR) is 128 cm³/mol. The zero-order valence-corrected chi connectivity index (χ0v) is 19.5. The lowest BCUT2D eigenvalue weighted by molar-refractivity contribution is -0.121. The zero-order chi connectivity index (χ0) is 22.9. The van der Waals surface area contributed by atoms with Gasteiger partial charge >= 0.3 is 0 Å². The fourth-order valence-corrected chi connectivity index (χ4v) is 4.75. The summed E-state index contributed by atoms with van der Waals surface area (Å²) < 4.78 is 0. The van der Waals surface area contributed by atoms with Crippen molar-refractivity contribution in [3.63, 3.8) is 0 Å². The smallest absolute Gasteiger partial charge is 0.222 e. The highest BCUT2D eigenvalue weighted by Gasteiger charge is 2.34. The number of fused-ring (bicyclic) bond motifs is 1. The summed E-state index contributed by atoms with van der Waals surface area (Å²) >= 11 is 7.59. The van der Waals surface area contributed by atoms with Gasteiger partial charge in [-0.05, 0) is 45.4 Å². The zero-order valence-electron chi connectivity index (χ0n) is 17.9. The highest BCUT2D eigenvalue weighted by Crippen LogP contribution is 2.40. The monoisotopic (exact) mass is 459 g/mol. The van der Waals surface area contributed by atoms with E-state index in [1.54, 1.807) is 30.9 Å². The van der Waals surface area contributed by atoms with Crippen molar-refractivity contribution < 1.29 is 9.90 Å². The van der Waals surface area contributed by atoms with Crippen LogP contribution in [0.25, 0.3) is 0 Å². The van der Waals surface area contributed by atoms with E-state index < -0.39 is 12.1 Å². The third kappa shape index (κ3) is 4.87. The molecule has 0 bridgehead atoms. The fourth-order valence-electron chi connectivity index (χ4n) is 3.40. The lowest BCUT2D eigenvalue weighted by atomic mass is 9.99. The SMILES string of the molecule is CC(=N)N1C(=N)[C@H](CC(=O)NC[C@H](C)O)N=C(c2ccc(Cl)cc2)c2c1sc(C)c2C. The maximum absolute atomic E-state index is 12.5. The summed E-state index contributed by atoms with van der Waals surface area (Å²) in [6.07, 6.45) is -0.719. The Kier molecular flexibility index (Phi) is 6.93. The Morgan fingerprint density at radius 1 is 1.35 bits per heavy atom. The number of hydrogen-bond donors (Lipinski definition) is 4. The normalized spacial score (nSPS) is 17.0. The molecule has 31 heavy (non-hydrogen) atoms. The number of benzene rings is 1. The maximum Gasteiger partial charge on any atom is 0.222 e. The van der Waals surface area contributed by atoms with Gasteiger partial charge in [0.15, 0.2) is 0 Å². The fraction of sp³-hybridized carbons (Fsp3) is 0.364. The molecular weight excluding hydrogens is 434 g/mol. The minimum absolute atomic E-state index is 0.0562. The first kappa shape index (κ1) is 23.1. The van der Waals surface area contributed by atoms with Crippen molar-refractivity contribution in [2.75, 3.05) is 11.4 Å². The number of aliphatic hydroxyl groups excluding tert-OH is 1. The number of amidine groups is 2. The van der Waals surface area contributed by atoms with Crippen molar-refractivity contribution in [2.45, 2.75) is 46.3 Å². The van der Waals surface area contributed by atoms with Crippen LogP contribution in [0, 0.1) is 24.7 Å². The van der Waals surface area contributed by atoms with Crippen molar-refractivity contribution in [1.82, 2.24) is 5.32 Å². The Bertz CT molecular complexity index is 1060. The summed E-state index contributed by atoms with van der Waals surface area (Å²) in [5, 5.41) is 30.6. The molecule has 2 aromatic rings. The van der Waals surface area contributed by atoms with Gasteiger partial charge in [0.25, 0.3) is 0 Å². The van der Waals surface area contributed by atoms with Crippen LogP contribution in [0.1, 0.15) is 41.8 Å². The van der Waals surface area contributed by atoms with E-state index in [-0.39, 0.29) is 30.5 Å². The molecular formula is C22H26ClN5O2S. The summed E-state index contributed by atoms with van der Waals surface area (Å²) in [7, 11) is 0. The number of nitrogens with zero attached hydrogens (tertiary/aromatic N) is 2. The van der Waals surface area contributed by atoms with Crippen LogP contribution >= 0.6 is 22.9 Å². The molecule has 9 heteroatoms. The number of aryl methyl sites for hydroxylation is 1. The van der Waals surface area contributed by atoms with E-state index in [1.165, 1.54) is 11.3 Å². The number of carbonyl (C=O) groups excluding carboxylic acids is 1. The van der Waals surface area contributed by atoms with Crippen molar-refractivity contribution in [2.24, 2.45) is 4.99 Å². The number of halogens is 1. The van der Waals surface area contributed by atoms with Gasteiger partial charge in [0.2, 0.25) is 5.91 Å². The van der Waals surface area contributed by atoms with Crippen LogP contribution in [0.4, 0.5) is 5.00 Å². The molecule has 7 nitrogen and oxygen atoms in total. The molecule has 1 aromatic heterocycles. The topological polar surface area (TPSA) is 113 Å². The Morgan fingerprint density at radius 2 is 2.00 bits per heavy atom. The average molecular weight is 460 g/mol. The van der Waals surface area contributed by atoms with Gasteiger partial charge in [-0.2, -0.15) is 0 Å². The summed E-state index contributed by atoms with van der Waals surface area (Å²) in [6, 6.07) is 6.54. The second-order valence-corrected chi connectivity index (χ2v) is 9.27. The van der Waals surface area contributed by atoms with E-state index in [9.17, 15) is 9.90 Å². The van der Waals surface area contributed by atoms with Crippen LogP contribution in [0.5, 0.6) is 0 Å². The number of aliphatic imine (C=N–C) groups is 1. The lowest BCUT2D eigenvalue weighted by Gasteiger charge is -2.24. The third-order valence-electron chi connectivity index (χ3n) is 5.07. The van der Waals surface area contributed by atoms with E-state index in [0.29, 0.717) is 10.7 Å². The minimum Gasteiger partial charge on any atom is -0.392 e. The Balaban J connectivity index is 2.15. The molecule has 1 aromatic carbocycles. The molecule has 4 N–H and O–H groups in total. The number of aliphatic hydroxyl groups is 1. The van der Waals surface area contributed by atoms with Gasteiger partial charge in [-0.3, -0.25) is 25.5 Å².